The number of aromatic amines is 1. The van der Waals surface area contributed by atoms with E-state index in [1.165, 1.54) is 0 Å². The number of ether oxygens (including phenoxy) is 2. The molecule has 1 aliphatic heterocycles. The average Bonchev–Trinajstić information content (AvgIpc) is 3.04. The Bertz CT molecular complexity index is 1500. The van der Waals surface area contributed by atoms with E-state index in [1.54, 1.807) is 6.20 Å². The molecule has 0 aromatic carbocycles. The van der Waals surface area contributed by atoms with Gasteiger partial charge in [-0.2, -0.15) is 9.65 Å². The molecule has 3 aromatic rings. The lowest BCUT2D eigenvalue weighted by atomic mass is 9.82. The lowest BCUT2D eigenvalue weighted by molar-refractivity contribution is 0.0455. The van der Waals surface area contributed by atoms with Crippen molar-refractivity contribution < 1.29 is 13.9 Å². The molecule has 1 saturated carbocycles. The first-order valence-electron chi connectivity index (χ1n) is 15.0. The summed E-state index contributed by atoms with van der Waals surface area (Å²) in [6.45, 7) is 4.31. The molecule has 13 heteroatoms. The van der Waals surface area contributed by atoms with E-state index in [1.807, 2.05) is 24.3 Å². The van der Waals surface area contributed by atoms with Crippen LogP contribution in [0.25, 0.3) is 11.3 Å². The highest BCUT2D eigenvalue weighted by molar-refractivity contribution is 6.33. The third-order valence-electron chi connectivity index (χ3n) is 8.19. The number of aromatic nitrogens is 4. The van der Waals surface area contributed by atoms with Crippen LogP contribution >= 0.6 is 11.6 Å². The monoisotopic (exact) mass is 624 g/mol. The number of halogens is 2. The summed E-state index contributed by atoms with van der Waals surface area (Å²) in [4.78, 5) is 26.9. The van der Waals surface area contributed by atoms with Crippen molar-refractivity contribution >= 4 is 23.2 Å². The van der Waals surface area contributed by atoms with Gasteiger partial charge in [-0.3, -0.25) is 4.79 Å². The lowest BCUT2D eigenvalue weighted by Gasteiger charge is -2.32. The molecule has 0 bridgehead atoms. The maximum absolute atomic E-state index is 13.1. The van der Waals surface area contributed by atoms with Crippen LogP contribution in [0.5, 0.6) is 0 Å². The summed E-state index contributed by atoms with van der Waals surface area (Å²) in [5.74, 6) is 0.835. The predicted molar refractivity (Wildman–Crippen MR) is 166 cm³/mol. The standard InChI is InChI=1S/C31H38ClFN8O3/c1-20(16-44-17-29-36-15-25(33)30(42)41-29)38-21-5-7-22(8-6-21)39-28-13-23(24(32)14-35-28)26-3-2-4-27(40-26)37-19-31(18-34)9-11-43-12-10-31/h2-4,13-15,20-22,38H,5-12,16-17,19H2,1H3,(H,35,39)(H,37,40)(H,36,41,42). The maximum atomic E-state index is 13.1. The van der Waals surface area contributed by atoms with Crippen LogP contribution in [0.3, 0.4) is 0 Å². The highest BCUT2D eigenvalue weighted by Crippen LogP contribution is 2.32. The average molecular weight is 625 g/mol. The largest absolute Gasteiger partial charge is 0.381 e. The van der Waals surface area contributed by atoms with E-state index in [4.69, 9.17) is 26.1 Å². The van der Waals surface area contributed by atoms with Crippen molar-refractivity contribution in [2.24, 2.45) is 5.41 Å². The highest BCUT2D eigenvalue weighted by Gasteiger charge is 2.32. The number of anilines is 2. The van der Waals surface area contributed by atoms with Crippen molar-refractivity contribution in [3.63, 3.8) is 0 Å². The SMILES string of the molecule is CC(COCc1ncc(F)c(=O)[nH]1)NC1CCC(Nc2cc(-c3cccc(NCC4(C#N)CCOCC4)n3)c(Cl)cn2)CC1. The van der Waals surface area contributed by atoms with Crippen LogP contribution < -0.4 is 21.5 Å². The Hall–Kier alpha value is -3.63. The Labute approximate surface area is 261 Å². The van der Waals surface area contributed by atoms with Gasteiger partial charge in [0.1, 0.15) is 24.1 Å². The molecule has 3 aromatic heterocycles. The minimum atomic E-state index is -0.909. The fraction of sp³-hybridized carbons (Fsp3) is 0.516. The zero-order valence-corrected chi connectivity index (χ0v) is 25.5. The number of pyridine rings is 2. The minimum Gasteiger partial charge on any atom is -0.381 e. The first-order valence-corrected chi connectivity index (χ1v) is 15.4. The van der Waals surface area contributed by atoms with Crippen LogP contribution in [0.15, 0.2) is 41.5 Å². The Morgan fingerprint density at radius 1 is 1.18 bits per heavy atom. The van der Waals surface area contributed by atoms with Gasteiger partial charge < -0.3 is 30.4 Å². The second kappa shape index (κ2) is 14.9. The molecule has 4 N–H and O–H groups in total. The zero-order valence-electron chi connectivity index (χ0n) is 24.7. The van der Waals surface area contributed by atoms with Gasteiger partial charge in [-0.15, -0.1) is 0 Å². The van der Waals surface area contributed by atoms with Crippen LogP contribution in [0, 0.1) is 22.6 Å². The number of hydrogen-bond donors (Lipinski definition) is 4. The fourth-order valence-electron chi connectivity index (χ4n) is 5.63. The number of hydrogen-bond acceptors (Lipinski definition) is 10. The summed E-state index contributed by atoms with van der Waals surface area (Å²) in [5.41, 5.74) is 0.273. The molecular formula is C31H38ClFN8O3. The van der Waals surface area contributed by atoms with Crippen LogP contribution in [-0.2, 0) is 16.1 Å². The van der Waals surface area contributed by atoms with Crippen molar-refractivity contribution in [3.8, 4) is 17.3 Å². The molecule has 2 fully saturated rings. The molecule has 0 amide bonds. The van der Waals surface area contributed by atoms with E-state index in [0.717, 1.165) is 49.0 Å². The quantitative estimate of drug-likeness (QED) is 0.224. The van der Waals surface area contributed by atoms with E-state index < -0.39 is 16.8 Å². The molecule has 0 spiro atoms. The molecule has 5 rings (SSSR count). The molecule has 1 aliphatic carbocycles. The molecule has 1 unspecified atom stereocenters. The zero-order chi connectivity index (χ0) is 30.9. The summed E-state index contributed by atoms with van der Waals surface area (Å²) in [7, 11) is 0. The summed E-state index contributed by atoms with van der Waals surface area (Å²) in [5, 5.41) is 20.8. The molecule has 44 heavy (non-hydrogen) atoms. The second-order valence-corrected chi connectivity index (χ2v) is 12.0. The Kier molecular flexibility index (Phi) is 10.8. The Balaban J connectivity index is 1.09. The molecule has 4 heterocycles. The number of nitriles is 1. The molecular weight excluding hydrogens is 587 g/mol. The van der Waals surface area contributed by atoms with E-state index in [9.17, 15) is 14.4 Å². The molecule has 0 radical (unpaired) electrons. The molecule has 1 saturated heterocycles. The topological polar surface area (TPSA) is 150 Å². The predicted octanol–water partition coefficient (Wildman–Crippen LogP) is 4.67. The smallest absolute Gasteiger partial charge is 0.287 e. The normalized spacial score (nSPS) is 20.4. The first-order chi connectivity index (χ1) is 21.3. The van der Waals surface area contributed by atoms with E-state index >= 15 is 0 Å². The maximum Gasteiger partial charge on any atom is 0.287 e. The van der Waals surface area contributed by atoms with Crippen molar-refractivity contribution in [2.45, 2.75) is 70.2 Å². The Morgan fingerprint density at radius 3 is 2.70 bits per heavy atom. The van der Waals surface area contributed by atoms with E-state index in [0.29, 0.717) is 61.9 Å². The summed E-state index contributed by atoms with van der Waals surface area (Å²) in [6.07, 6.45) is 7.92. The molecule has 234 valence electrons. The van der Waals surface area contributed by atoms with Crippen LogP contribution in [-0.4, -0.2) is 64.4 Å². The van der Waals surface area contributed by atoms with Crippen molar-refractivity contribution in [3.05, 3.63) is 63.7 Å². The Morgan fingerprint density at radius 2 is 1.95 bits per heavy atom. The van der Waals surface area contributed by atoms with Crippen molar-refractivity contribution in [1.82, 2.24) is 25.3 Å². The molecule has 11 nitrogen and oxygen atoms in total. The van der Waals surface area contributed by atoms with Crippen molar-refractivity contribution in [1.29, 1.82) is 5.26 Å². The van der Waals surface area contributed by atoms with Crippen LogP contribution in [0.2, 0.25) is 5.02 Å². The number of nitrogens with one attached hydrogen (secondary N) is 4. The van der Waals surface area contributed by atoms with Gasteiger partial charge in [-0.05, 0) is 63.6 Å². The number of nitrogens with zero attached hydrogens (tertiary/aromatic N) is 4. The lowest BCUT2D eigenvalue weighted by Crippen LogP contribution is -2.43. The fourth-order valence-corrected chi connectivity index (χ4v) is 5.83. The van der Waals surface area contributed by atoms with E-state index in [2.05, 4.69) is 43.9 Å². The first kappa shape index (κ1) is 31.8. The molecule has 1 atom stereocenters. The third kappa shape index (κ3) is 8.51. The van der Waals surface area contributed by atoms with Crippen LogP contribution in [0.4, 0.5) is 16.0 Å². The summed E-state index contributed by atoms with van der Waals surface area (Å²) >= 11 is 6.56. The van der Waals surface area contributed by atoms with Crippen molar-refractivity contribution in [2.75, 3.05) is 37.0 Å². The van der Waals surface area contributed by atoms with Crippen LogP contribution in [0.1, 0.15) is 51.3 Å². The third-order valence-corrected chi connectivity index (χ3v) is 8.49. The van der Waals surface area contributed by atoms with Gasteiger partial charge in [0.05, 0.1) is 35.0 Å². The van der Waals surface area contributed by atoms with Gasteiger partial charge in [0.15, 0.2) is 0 Å². The van der Waals surface area contributed by atoms with Gasteiger partial charge in [0.2, 0.25) is 5.82 Å². The van der Waals surface area contributed by atoms with Gasteiger partial charge in [0.25, 0.3) is 5.56 Å². The summed E-state index contributed by atoms with van der Waals surface area (Å²) in [6, 6.07) is 10.9. The second-order valence-electron chi connectivity index (χ2n) is 11.6. The minimum absolute atomic E-state index is 0.108. The summed E-state index contributed by atoms with van der Waals surface area (Å²) < 4.78 is 24.2. The van der Waals surface area contributed by atoms with Gasteiger partial charge in [-0.1, -0.05) is 17.7 Å². The molecule has 2 aliphatic rings. The highest BCUT2D eigenvalue weighted by atomic mass is 35.5. The number of H-pyrrole nitrogens is 1. The van der Waals surface area contributed by atoms with Gasteiger partial charge >= 0.3 is 0 Å². The van der Waals surface area contributed by atoms with Gasteiger partial charge in [-0.25, -0.2) is 15.0 Å². The van der Waals surface area contributed by atoms with Gasteiger partial charge in [0, 0.05) is 49.6 Å². The van der Waals surface area contributed by atoms with E-state index in [-0.39, 0.29) is 18.7 Å². The number of rotatable bonds is 12.